The number of thiol groups is 1. The number of esters is 1. The van der Waals surface area contributed by atoms with E-state index in [0.29, 0.717) is 6.61 Å². The van der Waals surface area contributed by atoms with Crippen molar-refractivity contribution in [1.82, 2.24) is 5.32 Å². The van der Waals surface area contributed by atoms with Crippen molar-refractivity contribution >= 4 is 24.5 Å². The molecule has 0 bridgehead atoms. The Morgan fingerprint density at radius 2 is 2.14 bits per heavy atom. The third-order valence-corrected chi connectivity index (χ3v) is 1.95. The fraction of sp³-hybridized carbons (Fsp3) is 0.778. The maximum atomic E-state index is 11.3. The molecular weight excluding hydrogens is 202 g/mol. The van der Waals surface area contributed by atoms with Gasteiger partial charge in [0.2, 0.25) is 5.91 Å². The average Bonchev–Trinajstić information content (AvgIpc) is 2.14. The second kappa shape index (κ2) is 7.67. The van der Waals surface area contributed by atoms with E-state index >= 15 is 0 Å². The molecule has 1 amide bonds. The van der Waals surface area contributed by atoms with Crippen LogP contribution in [0.4, 0.5) is 0 Å². The van der Waals surface area contributed by atoms with Gasteiger partial charge in [-0.2, -0.15) is 12.6 Å². The van der Waals surface area contributed by atoms with Gasteiger partial charge < -0.3 is 10.1 Å². The molecule has 0 heterocycles. The van der Waals surface area contributed by atoms with Gasteiger partial charge in [0.25, 0.3) is 0 Å². The van der Waals surface area contributed by atoms with Crippen LogP contribution in [0.1, 0.15) is 26.7 Å². The number of rotatable bonds is 6. The Kier molecular flexibility index (Phi) is 7.28. The summed E-state index contributed by atoms with van der Waals surface area (Å²) in [5, 5.41) is 2.47. The van der Waals surface area contributed by atoms with E-state index in [4.69, 9.17) is 4.74 Å². The van der Waals surface area contributed by atoms with Crippen LogP contribution in [0.2, 0.25) is 0 Å². The Morgan fingerprint density at radius 3 is 2.57 bits per heavy atom. The summed E-state index contributed by atoms with van der Waals surface area (Å²) in [5.41, 5.74) is 0. The SMILES string of the molecule is CCCCOC(=O)[C@H](CS)NC(C)=O. The molecule has 0 aliphatic rings. The molecule has 0 rings (SSSR count). The van der Waals surface area contributed by atoms with E-state index < -0.39 is 12.0 Å². The molecule has 0 aliphatic carbocycles. The predicted octanol–water partition coefficient (Wildman–Crippen LogP) is 0.764. The highest BCUT2D eigenvalue weighted by Crippen LogP contribution is 1.95. The first-order chi connectivity index (χ1) is 6.61. The van der Waals surface area contributed by atoms with Crippen molar-refractivity contribution in [1.29, 1.82) is 0 Å². The molecule has 0 aliphatic heterocycles. The van der Waals surface area contributed by atoms with E-state index in [1.807, 2.05) is 6.92 Å². The van der Waals surface area contributed by atoms with Crippen molar-refractivity contribution in [3.63, 3.8) is 0 Å². The van der Waals surface area contributed by atoms with Crippen LogP contribution in [0.5, 0.6) is 0 Å². The lowest BCUT2D eigenvalue weighted by Crippen LogP contribution is -2.42. The number of hydrogen-bond acceptors (Lipinski definition) is 4. The van der Waals surface area contributed by atoms with Crippen molar-refractivity contribution in [3.05, 3.63) is 0 Å². The summed E-state index contributed by atoms with van der Waals surface area (Å²) in [6, 6.07) is -0.632. The van der Waals surface area contributed by atoms with Gasteiger partial charge in [0.1, 0.15) is 6.04 Å². The second-order valence-corrected chi connectivity index (χ2v) is 3.32. The van der Waals surface area contributed by atoms with Crippen LogP contribution < -0.4 is 5.32 Å². The van der Waals surface area contributed by atoms with Crippen LogP contribution in [-0.4, -0.2) is 30.3 Å². The van der Waals surface area contributed by atoms with Crippen molar-refractivity contribution in [3.8, 4) is 0 Å². The molecule has 0 radical (unpaired) electrons. The molecule has 5 heteroatoms. The zero-order valence-electron chi connectivity index (χ0n) is 8.58. The lowest BCUT2D eigenvalue weighted by atomic mass is 10.3. The number of carbonyl (C=O) groups excluding carboxylic acids is 2. The fourth-order valence-corrected chi connectivity index (χ4v) is 1.08. The summed E-state index contributed by atoms with van der Waals surface area (Å²) in [4.78, 5) is 22.0. The number of unbranched alkanes of at least 4 members (excludes halogenated alkanes) is 1. The molecular formula is C9H17NO3S. The zero-order valence-corrected chi connectivity index (χ0v) is 9.47. The van der Waals surface area contributed by atoms with Crippen LogP contribution in [0.25, 0.3) is 0 Å². The molecule has 1 atom stereocenters. The lowest BCUT2D eigenvalue weighted by Gasteiger charge is -2.13. The maximum absolute atomic E-state index is 11.3. The van der Waals surface area contributed by atoms with Gasteiger partial charge in [-0.25, -0.2) is 4.79 Å². The maximum Gasteiger partial charge on any atom is 0.329 e. The molecule has 14 heavy (non-hydrogen) atoms. The van der Waals surface area contributed by atoms with E-state index in [2.05, 4.69) is 17.9 Å². The second-order valence-electron chi connectivity index (χ2n) is 2.96. The summed E-state index contributed by atoms with van der Waals surface area (Å²) in [7, 11) is 0. The predicted molar refractivity (Wildman–Crippen MR) is 57.3 cm³/mol. The van der Waals surface area contributed by atoms with Crippen molar-refractivity contribution in [2.24, 2.45) is 0 Å². The van der Waals surface area contributed by atoms with Crippen LogP contribution in [0.3, 0.4) is 0 Å². The summed E-state index contributed by atoms with van der Waals surface area (Å²) in [5.74, 6) is -0.412. The fourth-order valence-electron chi connectivity index (χ4n) is 0.842. The molecule has 0 unspecified atom stereocenters. The van der Waals surface area contributed by atoms with E-state index in [-0.39, 0.29) is 11.7 Å². The quantitative estimate of drug-likeness (QED) is 0.394. The molecule has 0 aromatic heterocycles. The van der Waals surface area contributed by atoms with Gasteiger partial charge in [-0.05, 0) is 6.42 Å². The first-order valence-corrected chi connectivity index (χ1v) is 5.29. The molecule has 0 fully saturated rings. The highest BCUT2D eigenvalue weighted by atomic mass is 32.1. The van der Waals surface area contributed by atoms with E-state index in [1.54, 1.807) is 0 Å². The van der Waals surface area contributed by atoms with Crippen molar-refractivity contribution in [2.75, 3.05) is 12.4 Å². The standard InChI is InChI=1S/C9H17NO3S/c1-3-4-5-13-9(12)8(6-14)10-7(2)11/h8,14H,3-6H2,1-2H3,(H,10,11)/t8-/m0/s1. The number of carbonyl (C=O) groups is 2. The van der Waals surface area contributed by atoms with Gasteiger partial charge >= 0.3 is 5.97 Å². The highest BCUT2D eigenvalue weighted by molar-refractivity contribution is 7.80. The van der Waals surface area contributed by atoms with E-state index in [0.717, 1.165) is 12.8 Å². The number of amides is 1. The average molecular weight is 219 g/mol. The largest absolute Gasteiger partial charge is 0.464 e. The molecule has 82 valence electrons. The minimum Gasteiger partial charge on any atom is -0.464 e. The van der Waals surface area contributed by atoms with Crippen LogP contribution in [0, 0.1) is 0 Å². The topological polar surface area (TPSA) is 55.4 Å². The van der Waals surface area contributed by atoms with Crippen LogP contribution >= 0.6 is 12.6 Å². The van der Waals surface area contributed by atoms with Gasteiger partial charge in [0, 0.05) is 12.7 Å². The highest BCUT2D eigenvalue weighted by Gasteiger charge is 2.18. The first kappa shape index (κ1) is 13.3. The molecule has 1 N–H and O–H groups in total. The number of hydrogen-bond donors (Lipinski definition) is 2. The summed E-state index contributed by atoms with van der Waals surface area (Å²) in [6.07, 6.45) is 1.81. The van der Waals surface area contributed by atoms with Gasteiger partial charge in [0.05, 0.1) is 6.61 Å². The Hall–Kier alpha value is -0.710. The van der Waals surface area contributed by atoms with Gasteiger partial charge in [-0.3, -0.25) is 4.79 Å². The van der Waals surface area contributed by atoms with Crippen LogP contribution in [0.15, 0.2) is 0 Å². The smallest absolute Gasteiger partial charge is 0.329 e. The molecule has 4 nitrogen and oxygen atoms in total. The Balaban J connectivity index is 3.85. The summed E-state index contributed by atoms with van der Waals surface area (Å²) in [6.45, 7) is 3.77. The molecule has 0 saturated heterocycles. The minimum absolute atomic E-state index is 0.253. The lowest BCUT2D eigenvalue weighted by molar-refractivity contribution is -0.147. The molecule has 0 saturated carbocycles. The van der Waals surface area contributed by atoms with E-state index in [1.165, 1.54) is 6.92 Å². The molecule has 0 spiro atoms. The van der Waals surface area contributed by atoms with Gasteiger partial charge in [-0.15, -0.1) is 0 Å². The van der Waals surface area contributed by atoms with Crippen molar-refractivity contribution in [2.45, 2.75) is 32.7 Å². The zero-order chi connectivity index (χ0) is 11.0. The Bertz CT molecular complexity index is 196. The van der Waals surface area contributed by atoms with Gasteiger partial charge in [-0.1, -0.05) is 13.3 Å². The molecule has 0 aromatic carbocycles. The summed E-state index contributed by atoms with van der Waals surface area (Å²) < 4.78 is 4.93. The monoisotopic (exact) mass is 219 g/mol. The Morgan fingerprint density at radius 1 is 1.50 bits per heavy atom. The minimum atomic E-state index is -0.632. The van der Waals surface area contributed by atoms with E-state index in [9.17, 15) is 9.59 Å². The van der Waals surface area contributed by atoms with Crippen LogP contribution in [-0.2, 0) is 14.3 Å². The normalized spacial score (nSPS) is 11.9. The third-order valence-electron chi connectivity index (χ3n) is 1.59. The Labute approximate surface area is 89.8 Å². The van der Waals surface area contributed by atoms with Crippen molar-refractivity contribution < 1.29 is 14.3 Å². The third kappa shape index (κ3) is 5.85. The number of nitrogens with one attached hydrogen (secondary N) is 1. The number of ether oxygens (including phenoxy) is 1. The molecule has 0 aromatic rings. The summed E-state index contributed by atoms with van der Waals surface area (Å²) >= 11 is 3.96. The first-order valence-electron chi connectivity index (χ1n) is 4.66. The van der Waals surface area contributed by atoms with Gasteiger partial charge in [0.15, 0.2) is 0 Å².